The number of halogens is 1. The van der Waals surface area contributed by atoms with Gasteiger partial charge in [0.2, 0.25) is 5.69 Å². The molecule has 2 N–H and O–H groups in total. The molecule has 3 fully saturated rings. The van der Waals surface area contributed by atoms with Crippen LogP contribution in [0, 0.1) is 5.92 Å². The summed E-state index contributed by atoms with van der Waals surface area (Å²) in [7, 11) is -2.45. The van der Waals surface area contributed by atoms with Crippen LogP contribution < -0.4 is 5.56 Å². The second-order valence-corrected chi connectivity index (χ2v) is 24.5. The molecule has 0 aromatic carbocycles. The maximum atomic E-state index is 16.4. The molecule has 10 nitrogen and oxygen atoms in total. The van der Waals surface area contributed by atoms with E-state index < -0.39 is 50.2 Å². The molecule has 1 saturated carbocycles. The Hall–Kier alpha value is -1.12. The number of fused-ring (bicyclic) bond motifs is 2. The molecule has 0 bridgehead atoms. The Morgan fingerprint density at radius 2 is 2.17 bits per heavy atom. The SMILES string of the molecule is C=C(C)[C@H]1CC[C@@]2(C)S[P@](=S)(OC[C@H]3O[C@@H](n4cnc5c(=O)[nH]c(O)nc54)[C@H](F)C3O[Si](C)(C)C(C)(C)C)O[C@@H]2C1. The van der Waals surface area contributed by atoms with Crippen LogP contribution in [0.3, 0.4) is 0 Å². The van der Waals surface area contributed by atoms with Crippen LogP contribution in [0.25, 0.3) is 11.2 Å². The van der Waals surface area contributed by atoms with Gasteiger partial charge in [0.25, 0.3) is 11.6 Å². The van der Waals surface area contributed by atoms with Crippen molar-refractivity contribution in [1.82, 2.24) is 19.5 Å². The molecule has 0 amide bonds. The number of aromatic nitrogens is 4. The summed E-state index contributed by atoms with van der Waals surface area (Å²) in [4.78, 5) is 22.5. The minimum absolute atomic E-state index is 0.0116. The lowest BCUT2D eigenvalue weighted by Crippen LogP contribution is -2.49. The molecule has 0 radical (unpaired) electrons. The molecule has 4 heterocycles. The van der Waals surface area contributed by atoms with E-state index in [2.05, 4.69) is 69.2 Å². The summed E-state index contributed by atoms with van der Waals surface area (Å²) < 4.78 is 43.2. The molecule has 1 aliphatic carbocycles. The Kier molecular flexibility index (Phi) is 8.24. The molecule has 0 spiro atoms. The molecule has 2 aromatic heterocycles. The van der Waals surface area contributed by atoms with E-state index in [-0.39, 0.29) is 33.7 Å². The van der Waals surface area contributed by atoms with Crippen LogP contribution in [0.15, 0.2) is 23.3 Å². The normalized spacial score (nSPS) is 36.1. The fourth-order valence-electron chi connectivity index (χ4n) is 5.42. The van der Waals surface area contributed by atoms with Crippen LogP contribution >= 0.6 is 17.1 Å². The Morgan fingerprint density at radius 3 is 2.83 bits per heavy atom. The maximum absolute atomic E-state index is 16.4. The summed E-state index contributed by atoms with van der Waals surface area (Å²) in [5.41, 5.74) is -2.25. The van der Waals surface area contributed by atoms with Crippen molar-refractivity contribution < 1.29 is 27.7 Å². The molecule has 2 aliphatic heterocycles. The van der Waals surface area contributed by atoms with Crippen molar-refractivity contribution in [2.24, 2.45) is 5.92 Å². The Morgan fingerprint density at radius 1 is 1.46 bits per heavy atom. The number of hydrogen-bond acceptors (Lipinski definition) is 10. The number of H-pyrrole nitrogens is 1. The van der Waals surface area contributed by atoms with E-state index in [4.69, 9.17) is 30.0 Å². The Bertz CT molecular complexity index is 1450. The largest absolute Gasteiger partial charge is 0.480 e. The van der Waals surface area contributed by atoms with Gasteiger partial charge in [-0.05, 0) is 69.0 Å². The van der Waals surface area contributed by atoms with Crippen molar-refractivity contribution in [3.05, 3.63) is 28.8 Å². The average molecular weight is 647 g/mol. The van der Waals surface area contributed by atoms with E-state index in [1.807, 2.05) is 0 Å². The summed E-state index contributed by atoms with van der Waals surface area (Å²) in [6, 6.07) is -0.594. The summed E-state index contributed by atoms with van der Waals surface area (Å²) in [6.45, 7) is 18.7. The Balaban J connectivity index is 1.40. The summed E-state index contributed by atoms with van der Waals surface area (Å²) in [5, 5.41) is 9.71. The van der Waals surface area contributed by atoms with Gasteiger partial charge in [0, 0.05) is 4.75 Å². The number of imidazole rings is 1. The number of nitrogens with zero attached hydrogens (tertiary/aromatic N) is 3. The van der Waals surface area contributed by atoms with Crippen molar-refractivity contribution >= 4 is 48.4 Å². The van der Waals surface area contributed by atoms with Gasteiger partial charge in [-0.3, -0.25) is 14.3 Å². The summed E-state index contributed by atoms with van der Waals surface area (Å²) >= 11 is 7.56. The van der Waals surface area contributed by atoms with E-state index in [0.29, 0.717) is 5.92 Å². The molecule has 228 valence electrons. The summed E-state index contributed by atoms with van der Waals surface area (Å²) in [6.07, 6.45) is -0.493. The highest BCUT2D eigenvalue weighted by atomic mass is 32.9. The van der Waals surface area contributed by atoms with E-state index in [9.17, 15) is 9.90 Å². The zero-order chi connectivity index (χ0) is 30.1. The van der Waals surface area contributed by atoms with Gasteiger partial charge in [0.1, 0.15) is 12.2 Å². The lowest BCUT2D eigenvalue weighted by Gasteiger charge is -2.39. The number of aromatic amines is 1. The van der Waals surface area contributed by atoms with Crippen molar-refractivity contribution in [3.8, 4) is 6.01 Å². The lowest BCUT2D eigenvalue weighted by molar-refractivity contribution is -0.0406. The van der Waals surface area contributed by atoms with Gasteiger partial charge in [-0.1, -0.05) is 44.3 Å². The molecule has 8 atom stereocenters. The molecule has 3 aliphatic rings. The van der Waals surface area contributed by atoms with Crippen molar-refractivity contribution in [2.75, 3.05) is 6.61 Å². The zero-order valence-corrected chi connectivity index (χ0v) is 28.1. The third kappa shape index (κ3) is 5.87. The first-order chi connectivity index (χ1) is 18.9. The van der Waals surface area contributed by atoms with Crippen LogP contribution in [-0.2, 0) is 30.0 Å². The van der Waals surface area contributed by atoms with Gasteiger partial charge in [-0.25, -0.2) is 9.37 Å². The standard InChI is InChI=1S/C26H40FN4O6PS2Si/c1-14(2)15-9-10-26(6)17(11-15)36-38(39,40-26)34-12-16-20(37-41(7,8)25(3,4)5)18(27)23(35-16)31-13-28-19-21(31)29-24(33)30-22(19)32/h13,15-18,20,23H,1,9-12H2,2-8H3,(H2,29,30,32,33)/t15-,16+,17+,18+,20?,23+,26+,38+/m0/s1. The second-order valence-electron chi connectivity index (χ2n) is 13.1. The van der Waals surface area contributed by atoms with E-state index in [1.165, 1.54) is 10.9 Å². The summed E-state index contributed by atoms with van der Waals surface area (Å²) in [5.74, 6) is 0.397. The third-order valence-electron chi connectivity index (χ3n) is 9.04. The first-order valence-corrected chi connectivity index (χ1v) is 20.8. The maximum Gasteiger partial charge on any atom is 0.296 e. The quantitative estimate of drug-likeness (QED) is 0.212. The third-order valence-corrected chi connectivity index (χ3v) is 19.3. The highest BCUT2D eigenvalue weighted by Gasteiger charge is 2.55. The number of allylic oxidation sites excluding steroid dienone is 1. The zero-order valence-electron chi connectivity index (χ0n) is 24.5. The van der Waals surface area contributed by atoms with Gasteiger partial charge in [-0.2, -0.15) is 4.98 Å². The smallest absolute Gasteiger partial charge is 0.296 e. The van der Waals surface area contributed by atoms with Crippen LogP contribution in [0.2, 0.25) is 18.1 Å². The average Bonchev–Trinajstić information content (AvgIpc) is 3.48. The molecule has 5 rings (SSSR count). The number of alkyl halides is 1. The van der Waals surface area contributed by atoms with E-state index in [1.54, 1.807) is 11.4 Å². The predicted molar refractivity (Wildman–Crippen MR) is 164 cm³/mol. The number of nitrogens with one attached hydrogen (secondary N) is 1. The molecular weight excluding hydrogens is 607 g/mol. The fourth-order valence-corrected chi connectivity index (χ4v) is 13.9. The highest BCUT2D eigenvalue weighted by molar-refractivity contribution is 8.68. The van der Waals surface area contributed by atoms with E-state index in [0.717, 1.165) is 24.8 Å². The molecule has 15 heteroatoms. The van der Waals surface area contributed by atoms with Crippen molar-refractivity contribution in [3.63, 3.8) is 0 Å². The van der Waals surface area contributed by atoms with Gasteiger partial charge < -0.3 is 23.3 Å². The van der Waals surface area contributed by atoms with Crippen LogP contribution in [-0.4, -0.2) is 68.8 Å². The van der Waals surface area contributed by atoms with E-state index >= 15 is 4.39 Å². The first kappa shape index (κ1) is 31.3. The van der Waals surface area contributed by atoms with Crippen LogP contribution in [0.1, 0.15) is 60.1 Å². The topological polar surface area (TPSA) is 121 Å². The van der Waals surface area contributed by atoms with Crippen LogP contribution in [0.4, 0.5) is 4.39 Å². The fraction of sp³-hybridized carbons (Fsp3) is 0.731. The van der Waals surface area contributed by atoms with Gasteiger partial charge >= 0.3 is 0 Å². The Labute approximate surface area is 249 Å². The molecule has 41 heavy (non-hydrogen) atoms. The lowest BCUT2D eigenvalue weighted by atomic mass is 9.77. The highest BCUT2D eigenvalue weighted by Crippen LogP contribution is 2.75. The number of aromatic hydroxyl groups is 1. The van der Waals surface area contributed by atoms with Crippen molar-refractivity contribution in [1.29, 1.82) is 0 Å². The molecular formula is C26H40FN4O6PS2Si. The second kappa shape index (κ2) is 10.8. The molecule has 2 aromatic rings. The number of hydrogen-bond donors (Lipinski definition) is 2. The van der Waals surface area contributed by atoms with Crippen molar-refractivity contribution in [2.45, 2.75) is 107 Å². The van der Waals surface area contributed by atoms with Gasteiger partial charge in [-0.15, -0.1) is 0 Å². The predicted octanol–water partition coefficient (Wildman–Crippen LogP) is 5.96. The van der Waals surface area contributed by atoms with Gasteiger partial charge in [0.05, 0.1) is 19.0 Å². The number of ether oxygens (including phenoxy) is 1. The van der Waals surface area contributed by atoms with Gasteiger partial charge in [0.15, 0.2) is 31.9 Å². The molecule has 2 saturated heterocycles. The minimum Gasteiger partial charge on any atom is -0.480 e. The minimum atomic E-state index is -2.75. The first-order valence-electron chi connectivity index (χ1n) is 13.9. The van der Waals surface area contributed by atoms with Crippen LogP contribution in [0.5, 0.6) is 6.01 Å². The molecule has 1 unspecified atom stereocenters. The monoisotopic (exact) mass is 646 g/mol. The number of rotatable bonds is 7.